The van der Waals surface area contributed by atoms with Crippen LogP contribution >= 0.6 is 24.0 Å². The van der Waals surface area contributed by atoms with Gasteiger partial charge in [0, 0.05) is 50.5 Å². The molecule has 2 saturated heterocycles. The molecular formula is C31H39N5O2S2. The van der Waals surface area contributed by atoms with Crippen LogP contribution in [0.25, 0.3) is 6.08 Å². The van der Waals surface area contributed by atoms with E-state index in [1.807, 2.05) is 38.1 Å². The van der Waals surface area contributed by atoms with Crippen molar-refractivity contribution in [1.82, 2.24) is 9.47 Å². The summed E-state index contributed by atoms with van der Waals surface area (Å²) in [6.07, 6.45) is 8.18. The predicted octanol–water partition coefficient (Wildman–Crippen LogP) is 5.94. The van der Waals surface area contributed by atoms with Crippen molar-refractivity contribution in [3.63, 3.8) is 0 Å². The number of pyridine rings is 1. The minimum absolute atomic E-state index is 0.0866. The summed E-state index contributed by atoms with van der Waals surface area (Å²) in [6, 6.07) is 12.5. The van der Waals surface area contributed by atoms with Gasteiger partial charge < -0.3 is 9.80 Å². The van der Waals surface area contributed by atoms with E-state index in [0.29, 0.717) is 27.9 Å². The fraction of sp³-hybridized carbons (Fsp3) is 0.484. The predicted molar refractivity (Wildman–Crippen MR) is 170 cm³/mol. The van der Waals surface area contributed by atoms with Gasteiger partial charge in [-0.1, -0.05) is 81.7 Å². The lowest BCUT2D eigenvalue weighted by molar-refractivity contribution is -0.122. The molecule has 7 nitrogen and oxygen atoms in total. The molecule has 4 rings (SSSR count). The molecule has 0 N–H and O–H groups in total. The second kappa shape index (κ2) is 14.0. The number of para-hydroxylation sites is 1. The largest absolute Gasteiger partial charge is 0.368 e. The number of carbonyl (C=O) groups is 1. The summed E-state index contributed by atoms with van der Waals surface area (Å²) < 4.78 is 2.31. The van der Waals surface area contributed by atoms with Crippen LogP contribution in [0.4, 0.5) is 11.5 Å². The highest BCUT2D eigenvalue weighted by Crippen LogP contribution is 2.36. The Hall–Kier alpha value is -3.09. The number of rotatable bonds is 11. The molecule has 2 fully saturated rings. The quantitative estimate of drug-likeness (QED) is 0.186. The highest BCUT2D eigenvalue weighted by atomic mass is 32.2. The lowest BCUT2D eigenvalue weighted by atomic mass is 10.0. The second-order valence-corrected chi connectivity index (χ2v) is 12.0. The number of hydrogen-bond donors (Lipinski definition) is 0. The first-order valence-corrected chi connectivity index (χ1v) is 15.6. The van der Waals surface area contributed by atoms with Gasteiger partial charge in [-0.2, -0.15) is 5.26 Å². The molecule has 2 aliphatic rings. The SMILES string of the molecule is CCCCCCCN1C(=O)C(=Cc2c(C)c(C#N)c(=O)n(CCC)c2N2CCN(c3ccccc3)CC2)SC1=S. The van der Waals surface area contributed by atoms with Crippen LogP contribution < -0.4 is 15.4 Å². The average Bonchev–Trinajstić information content (AvgIpc) is 3.23. The fourth-order valence-corrected chi connectivity index (χ4v) is 6.72. The molecule has 2 aliphatic heterocycles. The number of thioether (sulfide) groups is 1. The molecule has 1 aromatic heterocycles. The molecule has 1 aromatic carbocycles. The molecule has 1 amide bonds. The molecule has 0 atom stereocenters. The Labute approximate surface area is 247 Å². The molecule has 0 radical (unpaired) electrons. The Balaban J connectivity index is 1.68. The highest BCUT2D eigenvalue weighted by molar-refractivity contribution is 8.26. The molecule has 40 heavy (non-hydrogen) atoms. The molecule has 0 bridgehead atoms. The molecule has 212 valence electrons. The van der Waals surface area contributed by atoms with Gasteiger partial charge in [0.1, 0.15) is 21.8 Å². The summed E-state index contributed by atoms with van der Waals surface area (Å²) in [5.74, 6) is 0.706. The van der Waals surface area contributed by atoms with Gasteiger partial charge in [0.25, 0.3) is 11.5 Å². The fourth-order valence-electron chi connectivity index (χ4n) is 5.43. The lowest BCUT2D eigenvalue weighted by Crippen LogP contribution is -2.48. The molecule has 0 spiro atoms. The van der Waals surface area contributed by atoms with Gasteiger partial charge in [0.15, 0.2) is 0 Å². The van der Waals surface area contributed by atoms with E-state index >= 15 is 0 Å². The van der Waals surface area contributed by atoms with Gasteiger partial charge >= 0.3 is 0 Å². The zero-order chi connectivity index (χ0) is 28.6. The molecule has 0 aliphatic carbocycles. The van der Waals surface area contributed by atoms with E-state index in [-0.39, 0.29) is 17.0 Å². The third kappa shape index (κ3) is 6.45. The summed E-state index contributed by atoms with van der Waals surface area (Å²) in [5.41, 5.74) is 2.44. The first kappa shape index (κ1) is 29.9. The first-order valence-electron chi connectivity index (χ1n) is 14.4. The Morgan fingerprint density at radius 1 is 0.950 bits per heavy atom. The number of amides is 1. The first-order chi connectivity index (χ1) is 19.4. The van der Waals surface area contributed by atoms with E-state index in [4.69, 9.17) is 12.2 Å². The topological polar surface area (TPSA) is 72.6 Å². The Morgan fingerprint density at radius 2 is 1.62 bits per heavy atom. The van der Waals surface area contributed by atoms with Crippen molar-refractivity contribution in [2.24, 2.45) is 0 Å². The summed E-state index contributed by atoms with van der Waals surface area (Å²) >= 11 is 6.92. The summed E-state index contributed by atoms with van der Waals surface area (Å²) in [6.45, 7) is 10.2. The van der Waals surface area contributed by atoms with Crippen LogP contribution in [-0.4, -0.2) is 52.4 Å². The maximum Gasteiger partial charge on any atom is 0.270 e. The molecule has 2 aromatic rings. The molecule has 9 heteroatoms. The minimum Gasteiger partial charge on any atom is -0.368 e. The van der Waals surface area contributed by atoms with Crippen molar-refractivity contribution in [2.45, 2.75) is 65.8 Å². The van der Waals surface area contributed by atoms with Crippen LogP contribution in [-0.2, 0) is 11.3 Å². The average molecular weight is 578 g/mol. The minimum atomic E-state index is -0.265. The molecule has 0 unspecified atom stereocenters. The Bertz CT molecular complexity index is 1350. The zero-order valence-corrected chi connectivity index (χ0v) is 25.5. The monoisotopic (exact) mass is 577 g/mol. The van der Waals surface area contributed by atoms with Crippen LogP contribution in [0.3, 0.4) is 0 Å². The van der Waals surface area contributed by atoms with E-state index in [2.05, 4.69) is 34.9 Å². The summed E-state index contributed by atoms with van der Waals surface area (Å²) in [7, 11) is 0. The van der Waals surface area contributed by atoms with Crippen LogP contribution in [0.1, 0.15) is 69.1 Å². The van der Waals surface area contributed by atoms with Crippen molar-refractivity contribution in [2.75, 3.05) is 42.5 Å². The van der Waals surface area contributed by atoms with Gasteiger partial charge in [-0.3, -0.25) is 19.1 Å². The van der Waals surface area contributed by atoms with Crippen molar-refractivity contribution < 1.29 is 4.79 Å². The molecule has 0 saturated carbocycles. The van der Waals surface area contributed by atoms with Crippen LogP contribution in [0.15, 0.2) is 40.0 Å². The number of carbonyl (C=O) groups excluding carboxylic acids is 1. The number of benzene rings is 1. The van der Waals surface area contributed by atoms with Crippen LogP contribution in [0.5, 0.6) is 0 Å². The van der Waals surface area contributed by atoms with Gasteiger partial charge in [0.05, 0.1) is 4.91 Å². The number of anilines is 2. The number of aromatic nitrogens is 1. The maximum atomic E-state index is 13.5. The summed E-state index contributed by atoms with van der Waals surface area (Å²) in [5, 5.41) is 9.93. The smallest absolute Gasteiger partial charge is 0.270 e. The van der Waals surface area contributed by atoms with Crippen LogP contribution in [0, 0.1) is 18.3 Å². The van der Waals surface area contributed by atoms with Gasteiger partial charge in [-0.25, -0.2) is 0 Å². The van der Waals surface area contributed by atoms with E-state index < -0.39 is 0 Å². The normalized spacial score (nSPS) is 16.8. The van der Waals surface area contributed by atoms with E-state index in [1.165, 1.54) is 30.3 Å². The number of nitriles is 1. The lowest BCUT2D eigenvalue weighted by Gasteiger charge is -2.39. The number of nitrogens with zero attached hydrogens (tertiary/aromatic N) is 5. The van der Waals surface area contributed by atoms with Crippen molar-refractivity contribution in [3.05, 3.63) is 62.3 Å². The Morgan fingerprint density at radius 3 is 2.27 bits per heavy atom. The molecule has 3 heterocycles. The van der Waals surface area contributed by atoms with E-state index in [9.17, 15) is 14.9 Å². The number of piperazine rings is 1. The zero-order valence-electron chi connectivity index (χ0n) is 23.8. The highest BCUT2D eigenvalue weighted by Gasteiger charge is 2.33. The van der Waals surface area contributed by atoms with Crippen molar-refractivity contribution >= 4 is 51.8 Å². The van der Waals surface area contributed by atoms with Crippen LogP contribution in [0.2, 0.25) is 0 Å². The van der Waals surface area contributed by atoms with E-state index in [0.717, 1.165) is 63.2 Å². The van der Waals surface area contributed by atoms with Crippen molar-refractivity contribution in [3.8, 4) is 6.07 Å². The van der Waals surface area contributed by atoms with Gasteiger partial charge in [-0.05, 0) is 43.5 Å². The third-order valence-corrected chi connectivity index (χ3v) is 9.01. The number of thiocarbonyl (C=S) groups is 1. The maximum absolute atomic E-state index is 13.5. The van der Waals surface area contributed by atoms with Gasteiger partial charge in [0.2, 0.25) is 0 Å². The molecular weight excluding hydrogens is 539 g/mol. The second-order valence-electron chi connectivity index (χ2n) is 10.4. The van der Waals surface area contributed by atoms with Crippen molar-refractivity contribution in [1.29, 1.82) is 5.26 Å². The Kier molecular flexibility index (Phi) is 10.5. The van der Waals surface area contributed by atoms with E-state index in [1.54, 1.807) is 9.47 Å². The number of unbranched alkanes of at least 4 members (excludes halogenated alkanes) is 4. The third-order valence-electron chi connectivity index (χ3n) is 7.63. The summed E-state index contributed by atoms with van der Waals surface area (Å²) in [4.78, 5) is 33.8. The van der Waals surface area contributed by atoms with Gasteiger partial charge in [-0.15, -0.1) is 0 Å². The standard InChI is InChI=1S/C31H39N5O2S2/c1-4-6-7-8-12-16-36-30(38)27(40-31(36)39)21-25-23(3)26(22-32)29(37)35(15-5-2)28(25)34-19-17-33(18-20-34)24-13-10-9-11-14-24/h9-11,13-14,21H,4-8,12,15-20H2,1-3H3. The number of hydrogen-bond acceptors (Lipinski definition) is 7.